The minimum absolute atomic E-state index is 0.234. The normalized spacial score (nSPS) is 10.8. The number of carboxylic acid groups (broad SMARTS) is 1. The molecule has 0 spiro atoms. The van der Waals surface area contributed by atoms with Gasteiger partial charge in [-0.05, 0) is 12.5 Å². The lowest BCUT2D eigenvalue weighted by atomic mass is 10.1. The van der Waals surface area contributed by atoms with Gasteiger partial charge in [0.05, 0.1) is 13.0 Å². The molecule has 0 fully saturated rings. The third-order valence-corrected chi connectivity index (χ3v) is 1.92. The van der Waals surface area contributed by atoms with Crippen LogP contribution in [0.1, 0.15) is 31.9 Å². The maximum absolute atomic E-state index is 11.1. The Morgan fingerprint density at radius 1 is 1.33 bits per heavy atom. The largest absolute Gasteiger partial charge is 0.481 e. The summed E-state index contributed by atoms with van der Waals surface area (Å²) in [5.74, 6) is -1.08. The zero-order valence-corrected chi connectivity index (χ0v) is 10.6. The molecule has 1 atom stereocenters. The quantitative estimate of drug-likeness (QED) is 0.797. The number of aliphatic carboxylic acids is 1. The van der Waals surface area contributed by atoms with Gasteiger partial charge in [0.2, 0.25) is 0 Å². The molecule has 0 saturated carbocycles. The topological polar surface area (TPSA) is 89.6 Å². The number of nitrogens with two attached hydrogens (primary N) is 1. The zero-order chi connectivity index (χ0) is 14.0. The van der Waals surface area contributed by atoms with Crippen molar-refractivity contribution in [3.05, 3.63) is 35.9 Å². The van der Waals surface area contributed by atoms with E-state index in [1.54, 1.807) is 6.92 Å². The predicted octanol–water partition coefficient (Wildman–Crippen LogP) is 1.73. The van der Waals surface area contributed by atoms with Crippen molar-refractivity contribution in [2.75, 3.05) is 6.61 Å². The fourth-order valence-electron chi connectivity index (χ4n) is 1.22. The monoisotopic (exact) mass is 253 g/mol. The van der Waals surface area contributed by atoms with E-state index in [1.807, 2.05) is 30.3 Å². The molecule has 0 amide bonds. The van der Waals surface area contributed by atoms with Gasteiger partial charge in [-0.15, -0.1) is 0 Å². The number of carboxylic acids is 1. The van der Waals surface area contributed by atoms with Gasteiger partial charge in [0, 0.05) is 13.0 Å². The molecule has 5 heteroatoms. The lowest BCUT2D eigenvalue weighted by Gasteiger charge is -2.10. The summed E-state index contributed by atoms with van der Waals surface area (Å²) in [4.78, 5) is 20.1. The maximum Gasteiger partial charge on any atom is 0.307 e. The molecule has 100 valence electrons. The average molecular weight is 253 g/mol. The molecule has 0 saturated heterocycles. The smallest absolute Gasteiger partial charge is 0.307 e. The molecule has 0 bridgehead atoms. The van der Waals surface area contributed by atoms with Crippen molar-refractivity contribution in [2.24, 2.45) is 5.73 Å². The number of carbonyl (C=O) groups is 2. The summed E-state index contributed by atoms with van der Waals surface area (Å²) in [7, 11) is 0. The molecule has 0 unspecified atom stereocenters. The second kappa shape index (κ2) is 9.18. The van der Waals surface area contributed by atoms with Crippen LogP contribution in [0.2, 0.25) is 0 Å². The number of hydrogen-bond acceptors (Lipinski definition) is 4. The number of hydrogen-bond donors (Lipinski definition) is 2. The molecule has 3 N–H and O–H groups in total. The highest BCUT2D eigenvalue weighted by atomic mass is 16.5. The van der Waals surface area contributed by atoms with E-state index in [-0.39, 0.29) is 18.4 Å². The summed E-state index contributed by atoms with van der Waals surface area (Å²) in [6.45, 7) is 3.27. The summed E-state index contributed by atoms with van der Waals surface area (Å²) in [5.41, 5.74) is 6.78. The van der Waals surface area contributed by atoms with Crippen LogP contribution in [0.15, 0.2) is 30.3 Å². The maximum atomic E-state index is 11.1. The molecule has 0 radical (unpaired) electrons. The molecule has 0 aliphatic heterocycles. The number of ether oxygens (including phenoxy) is 1. The van der Waals surface area contributed by atoms with Crippen LogP contribution in [0.4, 0.5) is 0 Å². The Morgan fingerprint density at radius 3 is 2.28 bits per heavy atom. The van der Waals surface area contributed by atoms with Crippen molar-refractivity contribution in [2.45, 2.75) is 26.3 Å². The van der Waals surface area contributed by atoms with Crippen molar-refractivity contribution in [3.8, 4) is 0 Å². The minimum atomic E-state index is -0.833. The molecule has 0 aromatic heterocycles. The summed E-state index contributed by atoms with van der Waals surface area (Å²) in [6, 6.07) is 9.27. The van der Waals surface area contributed by atoms with Gasteiger partial charge in [-0.1, -0.05) is 30.3 Å². The van der Waals surface area contributed by atoms with Gasteiger partial charge in [0.15, 0.2) is 0 Å². The first-order chi connectivity index (χ1) is 8.47. The molecule has 1 aromatic rings. The van der Waals surface area contributed by atoms with E-state index in [9.17, 15) is 4.79 Å². The Hall–Kier alpha value is -1.88. The van der Waals surface area contributed by atoms with E-state index in [2.05, 4.69) is 0 Å². The first-order valence-corrected chi connectivity index (χ1v) is 5.63. The predicted molar refractivity (Wildman–Crippen MR) is 67.9 cm³/mol. The molecule has 5 nitrogen and oxygen atoms in total. The summed E-state index contributed by atoms with van der Waals surface area (Å²) in [5, 5.41) is 7.42. The van der Waals surface area contributed by atoms with Gasteiger partial charge in [-0.25, -0.2) is 0 Å². The number of rotatable bonds is 4. The number of esters is 1. The van der Waals surface area contributed by atoms with Gasteiger partial charge in [-0.3, -0.25) is 9.59 Å². The van der Waals surface area contributed by atoms with Crippen LogP contribution in [-0.2, 0) is 14.3 Å². The molecule has 0 aliphatic rings. The molecule has 1 aromatic carbocycles. The Labute approximate surface area is 107 Å². The summed E-state index contributed by atoms with van der Waals surface area (Å²) in [6.07, 6.45) is 0.234. The van der Waals surface area contributed by atoms with Crippen molar-refractivity contribution < 1.29 is 19.4 Å². The van der Waals surface area contributed by atoms with E-state index in [0.717, 1.165) is 12.5 Å². The molecule has 1 rings (SSSR count). The van der Waals surface area contributed by atoms with Crippen LogP contribution in [-0.4, -0.2) is 23.7 Å². The Kier molecular flexibility index (Phi) is 8.22. The molecule has 0 aliphatic carbocycles. The van der Waals surface area contributed by atoms with E-state index in [1.165, 1.54) is 0 Å². The molecular weight excluding hydrogens is 234 g/mol. The van der Waals surface area contributed by atoms with E-state index < -0.39 is 5.97 Å². The first kappa shape index (κ1) is 16.1. The van der Waals surface area contributed by atoms with Gasteiger partial charge in [0.25, 0.3) is 5.97 Å². The average Bonchev–Trinajstić information content (AvgIpc) is 2.29. The molecule has 0 heterocycles. The Bertz CT molecular complexity index is 361. The Morgan fingerprint density at radius 2 is 1.83 bits per heavy atom. The fraction of sp³-hybridized carbons (Fsp3) is 0.385. The SMILES string of the molecule is CC(=O)O.CCOC(=O)C[C@H](N)c1ccccc1. The highest BCUT2D eigenvalue weighted by Gasteiger charge is 2.11. The van der Waals surface area contributed by atoms with Crippen LogP contribution in [0, 0.1) is 0 Å². The highest BCUT2D eigenvalue weighted by molar-refractivity contribution is 5.70. The van der Waals surface area contributed by atoms with Gasteiger partial charge >= 0.3 is 5.97 Å². The summed E-state index contributed by atoms with van der Waals surface area (Å²) >= 11 is 0. The van der Waals surface area contributed by atoms with Crippen molar-refractivity contribution in [1.29, 1.82) is 0 Å². The van der Waals surface area contributed by atoms with Crippen molar-refractivity contribution in [1.82, 2.24) is 0 Å². The first-order valence-electron chi connectivity index (χ1n) is 5.63. The highest BCUT2D eigenvalue weighted by Crippen LogP contribution is 2.13. The third-order valence-electron chi connectivity index (χ3n) is 1.92. The minimum Gasteiger partial charge on any atom is -0.481 e. The Balaban J connectivity index is 0.000000631. The van der Waals surface area contributed by atoms with Gasteiger partial charge in [-0.2, -0.15) is 0 Å². The number of carbonyl (C=O) groups excluding carboxylic acids is 1. The van der Waals surface area contributed by atoms with Crippen molar-refractivity contribution in [3.63, 3.8) is 0 Å². The second-order valence-electron chi connectivity index (χ2n) is 3.55. The van der Waals surface area contributed by atoms with Crippen LogP contribution in [0.3, 0.4) is 0 Å². The van der Waals surface area contributed by atoms with Crippen LogP contribution in [0.25, 0.3) is 0 Å². The zero-order valence-electron chi connectivity index (χ0n) is 10.6. The van der Waals surface area contributed by atoms with Crippen molar-refractivity contribution >= 4 is 11.9 Å². The number of benzene rings is 1. The van der Waals surface area contributed by atoms with Crippen LogP contribution < -0.4 is 5.73 Å². The third kappa shape index (κ3) is 8.29. The van der Waals surface area contributed by atoms with Crippen LogP contribution in [0.5, 0.6) is 0 Å². The molecular formula is C13H19NO4. The summed E-state index contributed by atoms with van der Waals surface area (Å²) < 4.78 is 4.82. The standard InChI is InChI=1S/C11H15NO2.C2H4O2/c1-2-14-11(13)8-10(12)9-6-4-3-5-7-9;1-2(3)4/h3-7,10H,2,8,12H2,1H3;1H3,(H,3,4)/t10-;/m0./s1. The van der Waals surface area contributed by atoms with Gasteiger partial charge < -0.3 is 15.6 Å². The van der Waals surface area contributed by atoms with E-state index in [4.69, 9.17) is 20.4 Å². The lowest BCUT2D eigenvalue weighted by Crippen LogP contribution is -2.17. The van der Waals surface area contributed by atoms with Crippen LogP contribution >= 0.6 is 0 Å². The lowest BCUT2D eigenvalue weighted by molar-refractivity contribution is -0.143. The van der Waals surface area contributed by atoms with Gasteiger partial charge in [0.1, 0.15) is 0 Å². The second-order valence-corrected chi connectivity index (χ2v) is 3.55. The van der Waals surface area contributed by atoms with E-state index >= 15 is 0 Å². The van der Waals surface area contributed by atoms with E-state index in [0.29, 0.717) is 6.61 Å². The molecule has 18 heavy (non-hydrogen) atoms. The fourth-order valence-corrected chi connectivity index (χ4v) is 1.22.